The molecule has 0 fully saturated rings. The van der Waals surface area contributed by atoms with Gasteiger partial charge in [0, 0.05) is 12.7 Å². The zero-order valence-electron chi connectivity index (χ0n) is 10.9. The lowest BCUT2D eigenvalue weighted by atomic mass is 10.1. The molecule has 0 aliphatic heterocycles. The van der Waals surface area contributed by atoms with Crippen LogP contribution in [0.2, 0.25) is 0 Å². The first-order valence-corrected chi connectivity index (χ1v) is 6.36. The number of rotatable bonds is 4. The molecule has 2 rings (SSSR count). The average Bonchev–Trinajstić information content (AvgIpc) is 2.84. The molecule has 5 nitrogen and oxygen atoms in total. The van der Waals surface area contributed by atoms with E-state index in [1.165, 1.54) is 16.0 Å². The van der Waals surface area contributed by atoms with Crippen LogP contribution in [0.25, 0.3) is 0 Å². The standard InChI is InChI=1S/C14H18N2O3/c1-16(13(17)8-12(15)14(18)19)11-6-5-9-3-2-4-10(9)7-11/h5-7,12H,2-4,8,15H2,1H3,(H,18,19). The van der Waals surface area contributed by atoms with Gasteiger partial charge in [0.15, 0.2) is 0 Å². The topological polar surface area (TPSA) is 83.6 Å². The highest BCUT2D eigenvalue weighted by molar-refractivity contribution is 5.95. The number of fused-ring (bicyclic) bond motifs is 1. The number of nitrogens with zero attached hydrogens (tertiary/aromatic N) is 1. The zero-order chi connectivity index (χ0) is 14.0. The van der Waals surface area contributed by atoms with Gasteiger partial charge in [0.25, 0.3) is 0 Å². The maximum atomic E-state index is 11.9. The van der Waals surface area contributed by atoms with Crippen molar-refractivity contribution in [1.29, 1.82) is 0 Å². The Labute approximate surface area is 112 Å². The van der Waals surface area contributed by atoms with E-state index in [9.17, 15) is 9.59 Å². The summed E-state index contributed by atoms with van der Waals surface area (Å²) in [6.45, 7) is 0. The minimum atomic E-state index is -1.16. The number of carbonyl (C=O) groups is 2. The van der Waals surface area contributed by atoms with Crippen LogP contribution in [-0.4, -0.2) is 30.1 Å². The van der Waals surface area contributed by atoms with Gasteiger partial charge in [-0.2, -0.15) is 0 Å². The molecule has 0 saturated carbocycles. The summed E-state index contributed by atoms with van der Waals surface area (Å²) < 4.78 is 0. The molecule has 5 heteroatoms. The highest BCUT2D eigenvalue weighted by Gasteiger charge is 2.21. The number of aryl methyl sites for hydroxylation is 2. The van der Waals surface area contributed by atoms with Gasteiger partial charge in [-0.25, -0.2) is 0 Å². The van der Waals surface area contributed by atoms with Crippen molar-refractivity contribution in [3.05, 3.63) is 29.3 Å². The number of carbonyl (C=O) groups excluding carboxylic acids is 1. The number of hydrogen-bond acceptors (Lipinski definition) is 3. The fourth-order valence-electron chi connectivity index (χ4n) is 2.32. The van der Waals surface area contributed by atoms with Crippen LogP contribution < -0.4 is 10.6 Å². The second-order valence-corrected chi connectivity index (χ2v) is 4.91. The molecular formula is C14H18N2O3. The lowest BCUT2D eigenvalue weighted by Crippen LogP contribution is -2.37. The summed E-state index contributed by atoms with van der Waals surface area (Å²) in [4.78, 5) is 24.1. The van der Waals surface area contributed by atoms with Gasteiger partial charge >= 0.3 is 5.97 Å². The molecule has 0 bridgehead atoms. The Morgan fingerprint density at radius 1 is 1.37 bits per heavy atom. The summed E-state index contributed by atoms with van der Waals surface area (Å²) in [7, 11) is 1.65. The van der Waals surface area contributed by atoms with E-state index in [2.05, 4.69) is 0 Å². The summed E-state index contributed by atoms with van der Waals surface area (Å²) in [5.74, 6) is -1.44. The van der Waals surface area contributed by atoms with Crippen LogP contribution >= 0.6 is 0 Å². The monoisotopic (exact) mass is 262 g/mol. The predicted octanol–water partition coefficient (Wildman–Crippen LogP) is 0.940. The van der Waals surface area contributed by atoms with Gasteiger partial charge in [0.05, 0.1) is 6.42 Å². The molecule has 1 aliphatic rings. The molecule has 1 unspecified atom stereocenters. The van der Waals surface area contributed by atoms with Crippen LogP contribution in [0.4, 0.5) is 5.69 Å². The van der Waals surface area contributed by atoms with Crippen molar-refractivity contribution < 1.29 is 14.7 Å². The first-order valence-electron chi connectivity index (χ1n) is 6.36. The fraction of sp³-hybridized carbons (Fsp3) is 0.429. The van der Waals surface area contributed by atoms with Gasteiger partial charge in [-0.3, -0.25) is 9.59 Å². The van der Waals surface area contributed by atoms with E-state index >= 15 is 0 Å². The number of anilines is 1. The van der Waals surface area contributed by atoms with Gasteiger partial charge in [-0.15, -0.1) is 0 Å². The van der Waals surface area contributed by atoms with Crippen molar-refractivity contribution in [1.82, 2.24) is 0 Å². The number of amides is 1. The smallest absolute Gasteiger partial charge is 0.321 e. The van der Waals surface area contributed by atoms with Crippen molar-refractivity contribution in [3.63, 3.8) is 0 Å². The van der Waals surface area contributed by atoms with E-state index in [1.807, 2.05) is 18.2 Å². The number of benzene rings is 1. The van der Waals surface area contributed by atoms with Crippen molar-refractivity contribution in [2.75, 3.05) is 11.9 Å². The van der Waals surface area contributed by atoms with E-state index in [1.54, 1.807) is 7.05 Å². The Bertz CT molecular complexity index is 513. The van der Waals surface area contributed by atoms with Crippen LogP contribution in [0, 0.1) is 0 Å². The van der Waals surface area contributed by atoms with Crippen molar-refractivity contribution in [3.8, 4) is 0 Å². The molecule has 1 aliphatic carbocycles. The lowest BCUT2D eigenvalue weighted by Gasteiger charge is -2.19. The average molecular weight is 262 g/mol. The van der Waals surface area contributed by atoms with Gasteiger partial charge < -0.3 is 15.7 Å². The van der Waals surface area contributed by atoms with Crippen molar-refractivity contribution in [2.45, 2.75) is 31.7 Å². The molecule has 3 N–H and O–H groups in total. The van der Waals surface area contributed by atoms with Crippen LogP contribution in [0.1, 0.15) is 24.0 Å². The molecule has 0 heterocycles. The predicted molar refractivity (Wildman–Crippen MR) is 72.1 cm³/mol. The third-order valence-corrected chi connectivity index (χ3v) is 3.56. The Kier molecular flexibility index (Phi) is 3.85. The third-order valence-electron chi connectivity index (χ3n) is 3.56. The number of carboxylic acid groups (broad SMARTS) is 1. The summed E-state index contributed by atoms with van der Waals surface area (Å²) in [5.41, 5.74) is 8.79. The Morgan fingerprint density at radius 2 is 2.05 bits per heavy atom. The normalized spacial score (nSPS) is 14.8. The van der Waals surface area contributed by atoms with E-state index in [0.29, 0.717) is 0 Å². The number of carboxylic acids is 1. The van der Waals surface area contributed by atoms with E-state index in [4.69, 9.17) is 10.8 Å². The van der Waals surface area contributed by atoms with E-state index in [0.717, 1.165) is 24.9 Å². The van der Waals surface area contributed by atoms with Crippen LogP contribution in [0.15, 0.2) is 18.2 Å². The summed E-state index contributed by atoms with van der Waals surface area (Å²) in [5, 5.41) is 8.71. The molecule has 1 aromatic carbocycles. The summed E-state index contributed by atoms with van der Waals surface area (Å²) >= 11 is 0. The van der Waals surface area contributed by atoms with Crippen LogP contribution in [0.5, 0.6) is 0 Å². The maximum absolute atomic E-state index is 11.9. The maximum Gasteiger partial charge on any atom is 0.321 e. The number of aliphatic carboxylic acids is 1. The van der Waals surface area contributed by atoms with Crippen LogP contribution in [0.3, 0.4) is 0 Å². The molecule has 0 spiro atoms. The van der Waals surface area contributed by atoms with Gasteiger partial charge in [0.2, 0.25) is 5.91 Å². The molecule has 0 radical (unpaired) electrons. The molecule has 0 saturated heterocycles. The first-order chi connectivity index (χ1) is 8.99. The summed E-state index contributed by atoms with van der Waals surface area (Å²) in [6.07, 6.45) is 3.10. The summed E-state index contributed by atoms with van der Waals surface area (Å²) in [6, 6.07) is 4.80. The molecule has 1 aromatic rings. The highest BCUT2D eigenvalue weighted by atomic mass is 16.4. The molecule has 1 amide bonds. The van der Waals surface area contributed by atoms with E-state index < -0.39 is 12.0 Å². The Hall–Kier alpha value is -1.88. The number of hydrogen-bond donors (Lipinski definition) is 2. The quantitative estimate of drug-likeness (QED) is 0.846. The second kappa shape index (κ2) is 5.40. The van der Waals surface area contributed by atoms with Crippen molar-refractivity contribution in [2.24, 2.45) is 5.73 Å². The minimum Gasteiger partial charge on any atom is -0.480 e. The first kappa shape index (κ1) is 13.5. The van der Waals surface area contributed by atoms with Crippen LogP contribution in [-0.2, 0) is 22.4 Å². The highest BCUT2D eigenvalue weighted by Crippen LogP contribution is 2.26. The zero-order valence-corrected chi connectivity index (χ0v) is 10.9. The Morgan fingerprint density at radius 3 is 2.74 bits per heavy atom. The SMILES string of the molecule is CN(C(=O)CC(N)C(=O)O)c1ccc2c(c1)CCC2. The van der Waals surface area contributed by atoms with Crippen molar-refractivity contribution >= 4 is 17.6 Å². The molecule has 102 valence electrons. The molecule has 1 atom stereocenters. The molecular weight excluding hydrogens is 244 g/mol. The van der Waals surface area contributed by atoms with Gasteiger partial charge in [-0.05, 0) is 42.5 Å². The lowest BCUT2D eigenvalue weighted by molar-refractivity contribution is -0.140. The number of nitrogens with two attached hydrogens (primary N) is 1. The minimum absolute atomic E-state index is 0.192. The van der Waals surface area contributed by atoms with Gasteiger partial charge in [0.1, 0.15) is 6.04 Å². The fourth-order valence-corrected chi connectivity index (χ4v) is 2.32. The molecule has 0 aromatic heterocycles. The molecule has 19 heavy (non-hydrogen) atoms. The van der Waals surface area contributed by atoms with Gasteiger partial charge in [-0.1, -0.05) is 6.07 Å². The van der Waals surface area contributed by atoms with E-state index in [-0.39, 0.29) is 12.3 Å². The Balaban J connectivity index is 2.09. The third kappa shape index (κ3) is 2.93. The second-order valence-electron chi connectivity index (χ2n) is 4.91. The largest absolute Gasteiger partial charge is 0.480 e.